The molecule has 0 radical (unpaired) electrons. The molecule has 0 aliphatic heterocycles. The second kappa shape index (κ2) is 11.1. The van der Waals surface area contributed by atoms with Crippen LogP contribution >= 0.6 is 0 Å². The zero-order valence-corrected chi connectivity index (χ0v) is 15.3. The van der Waals surface area contributed by atoms with E-state index < -0.39 is 0 Å². The largest absolute Gasteiger partial charge is 0.377 e. The van der Waals surface area contributed by atoms with Gasteiger partial charge in [-0.05, 0) is 68.6 Å². The summed E-state index contributed by atoms with van der Waals surface area (Å²) in [5.41, 5.74) is 0. The molecule has 0 N–H and O–H groups in total. The quantitative estimate of drug-likeness (QED) is 0.346. The maximum Gasteiger partial charge on any atom is 0.0644 e. The van der Waals surface area contributed by atoms with Crippen LogP contribution in [0.15, 0.2) is 24.8 Å². The predicted octanol–water partition coefficient (Wildman–Crippen LogP) is 6.55. The molecular weight excluding hydrogens is 280 g/mol. The molecule has 0 unspecified atom stereocenters. The Morgan fingerprint density at radius 3 is 2.00 bits per heavy atom. The zero-order chi connectivity index (χ0) is 16.3. The Kier molecular flexibility index (Phi) is 9.04. The SMILES string of the molecule is C=CCOC[C@H]1CC[C@H](CC[C@H]2CC[C@H](C=CCC)CC2)CC1. The van der Waals surface area contributed by atoms with Gasteiger partial charge in [0.05, 0.1) is 6.61 Å². The maximum absolute atomic E-state index is 5.63. The molecule has 0 amide bonds. The highest BCUT2D eigenvalue weighted by atomic mass is 16.5. The highest BCUT2D eigenvalue weighted by Gasteiger charge is 2.24. The molecule has 0 saturated heterocycles. The van der Waals surface area contributed by atoms with Gasteiger partial charge in [-0.3, -0.25) is 0 Å². The number of ether oxygens (including phenoxy) is 1. The maximum atomic E-state index is 5.63. The van der Waals surface area contributed by atoms with Crippen LogP contribution < -0.4 is 0 Å². The smallest absolute Gasteiger partial charge is 0.0644 e. The monoisotopic (exact) mass is 318 g/mol. The van der Waals surface area contributed by atoms with Crippen LogP contribution in [0.3, 0.4) is 0 Å². The molecule has 0 aromatic rings. The van der Waals surface area contributed by atoms with Gasteiger partial charge < -0.3 is 4.74 Å². The van der Waals surface area contributed by atoms with Gasteiger partial charge >= 0.3 is 0 Å². The minimum absolute atomic E-state index is 0.718. The molecular formula is C22H38O. The summed E-state index contributed by atoms with van der Waals surface area (Å²) < 4.78 is 5.63. The molecule has 2 aliphatic rings. The molecule has 0 heterocycles. The zero-order valence-electron chi connectivity index (χ0n) is 15.3. The number of hydrogen-bond acceptors (Lipinski definition) is 1. The topological polar surface area (TPSA) is 9.23 Å². The third-order valence-corrected chi connectivity index (χ3v) is 6.07. The Hall–Kier alpha value is -0.560. The highest BCUT2D eigenvalue weighted by molar-refractivity contribution is 4.90. The van der Waals surface area contributed by atoms with Crippen molar-refractivity contribution in [3.05, 3.63) is 24.8 Å². The summed E-state index contributed by atoms with van der Waals surface area (Å²) in [4.78, 5) is 0. The van der Waals surface area contributed by atoms with Gasteiger partial charge in [0.2, 0.25) is 0 Å². The van der Waals surface area contributed by atoms with Crippen molar-refractivity contribution in [3.8, 4) is 0 Å². The molecule has 0 spiro atoms. The van der Waals surface area contributed by atoms with Crippen molar-refractivity contribution in [3.63, 3.8) is 0 Å². The molecule has 132 valence electrons. The summed E-state index contributed by atoms with van der Waals surface area (Å²) in [7, 11) is 0. The molecule has 1 nitrogen and oxygen atoms in total. The summed E-state index contributed by atoms with van der Waals surface area (Å²) in [6.07, 6.45) is 22.4. The van der Waals surface area contributed by atoms with Gasteiger partial charge in [-0.1, -0.05) is 50.8 Å². The van der Waals surface area contributed by atoms with Gasteiger partial charge in [0.25, 0.3) is 0 Å². The van der Waals surface area contributed by atoms with Crippen molar-refractivity contribution < 1.29 is 4.74 Å². The molecule has 2 fully saturated rings. The van der Waals surface area contributed by atoms with Crippen molar-refractivity contribution in [2.24, 2.45) is 23.7 Å². The molecule has 0 bridgehead atoms. The lowest BCUT2D eigenvalue weighted by molar-refractivity contribution is 0.0937. The molecule has 2 saturated carbocycles. The average Bonchev–Trinajstić information content (AvgIpc) is 2.60. The van der Waals surface area contributed by atoms with Crippen molar-refractivity contribution >= 4 is 0 Å². The molecule has 2 aliphatic carbocycles. The van der Waals surface area contributed by atoms with Gasteiger partial charge in [0, 0.05) is 6.61 Å². The molecule has 0 aromatic heterocycles. The van der Waals surface area contributed by atoms with Crippen molar-refractivity contribution in [2.45, 2.75) is 77.6 Å². The third kappa shape index (κ3) is 7.25. The molecule has 23 heavy (non-hydrogen) atoms. The second-order valence-corrected chi connectivity index (χ2v) is 7.91. The van der Waals surface area contributed by atoms with Crippen LogP contribution in [0.2, 0.25) is 0 Å². The Labute approximate surface area is 144 Å². The Balaban J connectivity index is 1.54. The Morgan fingerprint density at radius 2 is 1.43 bits per heavy atom. The lowest BCUT2D eigenvalue weighted by Gasteiger charge is -2.31. The van der Waals surface area contributed by atoms with E-state index in [2.05, 4.69) is 25.7 Å². The van der Waals surface area contributed by atoms with Crippen LogP contribution in [0.25, 0.3) is 0 Å². The van der Waals surface area contributed by atoms with Crippen LogP contribution in [0.1, 0.15) is 77.6 Å². The van der Waals surface area contributed by atoms with Crippen LogP contribution in [0.5, 0.6) is 0 Å². The Bertz CT molecular complexity index is 330. The third-order valence-electron chi connectivity index (χ3n) is 6.07. The summed E-state index contributed by atoms with van der Waals surface area (Å²) in [6, 6.07) is 0. The molecule has 2 rings (SSSR count). The molecule has 0 aromatic carbocycles. The second-order valence-electron chi connectivity index (χ2n) is 7.91. The van der Waals surface area contributed by atoms with Crippen LogP contribution in [0, 0.1) is 23.7 Å². The van der Waals surface area contributed by atoms with Gasteiger partial charge in [-0.2, -0.15) is 0 Å². The van der Waals surface area contributed by atoms with E-state index in [0.29, 0.717) is 0 Å². The van der Waals surface area contributed by atoms with E-state index in [0.717, 1.165) is 36.9 Å². The fourth-order valence-electron chi connectivity index (χ4n) is 4.47. The number of hydrogen-bond donors (Lipinski definition) is 0. The normalized spacial score (nSPS) is 32.2. The summed E-state index contributed by atoms with van der Waals surface area (Å²) in [6.45, 7) is 7.62. The van der Waals surface area contributed by atoms with E-state index in [-0.39, 0.29) is 0 Å². The fraction of sp³-hybridized carbons (Fsp3) is 0.818. The number of allylic oxidation sites excluding steroid dienone is 2. The summed E-state index contributed by atoms with van der Waals surface area (Å²) in [5.74, 6) is 3.72. The van der Waals surface area contributed by atoms with E-state index in [1.54, 1.807) is 0 Å². The fourth-order valence-corrected chi connectivity index (χ4v) is 4.47. The lowest BCUT2D eigenvalue weighted by Crippen LogP contribution is -2.20. The Morgan fingerprint density at radius 1 is 0.870 bits per heavy atom. The van der Waals surface area contributed by atoms with E-state index in [1.165, 1.54) is 70.6 Å². The highest BCUT2D eigenvalue weighted by Crippen LogP contribution is 2.36. The van der Waals surface area contributed by atoms with Crippen LogP contribution in [-0.2, 0) is 4.74 Å². The predicted molar refractivity (Wildman–Crippen MR) is 101 cm³/mol. The van der Waals surface area contributed by atoms with E-state index in [9.17, 15) is 0 Å². The van der Waals surface area contributed by atoms with Crippen molar-refractivity contribution in [1.82, 2.24) is 0 Å². The number of rotatable bonds is 9. The standard InChI is InChI=1S/C22H38O/c1-3-5-6-19-7-9-20(10-8-19)11-12-21-13-15-22(16-14-21)18-23-17-4-2/h4-6,19-22H,2-3,7-18H2,1H3/t19-,20-,21-,22-. The van der Waals surface area contributed by atoms with E-state index in [1.807, 2.05) is 6.08 Å². The van der Waals surface area contributed by atoms with Gasteiger partial charge in [0.15, 0.2) is 0 Å². The average molecular weight is 319 g/mol. The van der Waals surface area contributed by atoms with Crippen LogP contribution in [-0.4, -0.2) is 13.2 Å². The van der Waals surface area contributed by atoms with Gasteiger partial charge in [0.1, 0.15) is 0 Å². The lowest BCUT2D eigenvalue weighted by atomic mass is 9.75. The summed E-state index contributed by atoms with van der Waals surface area (Å²) >= 11 is 0. The molecule has 0 atom stereocenters. The minimum Gasteiger partial charge on any atom is -0.377 e. The van der Waals surface area contributed by atoms with Gasteiger partial charge in [-0.15, -0.1) is 6.58 Å². The first kappa shape index (κ1) is 18.8. The molecule has 1 heteroatoms. The summed E-state index contributed by atoms with van der Waals surface area (Å²) in [5, 5.41) is 0. The van der Waals surface area contributed by atoms with Crippen molar-refractivity contribution in [1.29, 1.82) is 0 Å². The van der Waals surface area contributed by atoms with E-state index in [4.69, 9.17) is 4.74 Å². The van der Waals surface area contributed by atoms with Gasteiger partial charge in [-0.25, -0.2) is 0 Å². The van der Waals surface area contributed by atoms with Crippen LogP contribution in [0.4, 0.5) is 0 Å². The van der Waals surface area contributed by atoms with E-state index >= 15 is 0 Å². The first-order valence-corrected chi connectivity index (χ1v) is 10.2. The minimum atomic E-state index is 0.718. The first-order chi connectivity index (χ1) is 11.3. The first-order valence-electron chi connectivity index (χ1n) is 10.2. The van der Waals surface area contributed by atoms with Crippen molar-refractivity contribution in [2.75, 3.05) is 13.2 Å².